The van der Waals surface area contributed by atoms with E-state index in [2.05, 4.69) is 29.0 Å². The molecular formula is C16H19ClN2. The number of aryl methyl sites for hydroxylation is 1. The van der Waals surface area contributed by atoms with Crippen molar-refractivity contribution in [2.75, 3.05) is 0 Å². The van der Waals surface area contributed by atoms with Crippen molar-refractivity contribution >= 4 is 22.5 Å². The molecule has 0 fully saturated rings. The third-order valence-corrected chi connectivity index (χ3v) is 3.80. The van der Waals surface area contributed by atoms with Gasteiger partial charge in [0.2, 0.25) is 0 Å². The summed E-state index contributed by atoms with van der Waals surface area (Å²) in [6, 6.07) is 10.4. The Morgan fingerprint density at radius 1 is 1.26 bits per heavy atom. The fourth-order valence-electron chi connectivity index (χ4n) is 2.31. The highest BCUT2D eigenvalue weighted by Crippen LogP contribution is 2.26. The van der Waals surface area contributed by atoms with Crippen LogP contribution in [-0.2, 0) is 6.54 Å². The molecule has 0 spiro atoms. The van der Waals surface area contributed by atoms with Crippen molar-refractivity contribution in [3.63, 3.8) is 0 Å². The summed E-state index contributed by atoms with van der Waals surface area (Å²) in [6.45, 7) is 4.94. The molecule has 0 saturated heterocycles. The Balaban J connectivity index is 1.98. The first kappa shape index (κ1) is 14.0. The van der Waals surface area contributed by atoms with Crippen molar-refractivity contribution in [3.05, 3.63) is 35.5 Å². The minimum absolute atomic E-state index is 0.212. The molecule has 0 aliphatic heterocycles. The molecule has 0 N–H and O–H groups in total. The fourth-order valence-corrected chi connectivity index (χ4v) is 2.60. The molecule has 100 valence electrons. The lowest BCUT2D eigenvalue weighted by atomic mass is 9.89. The van der Waals surface area contributed by atoms with E-state index in [4.69, 9.17) is 16.9 Å². The first-order valence-electron chi connectivity index (χ1n) is 6.68. The normalized spacial score (nSPS) is 11.7. The SMILES string of the molecule is CC(C)(C#N)CCCCn1ccc2cccc(Cl)c21. The Morgan fingerprint density at radius 3 is 2.79 bits per heavy atom. The van der Waals surface area contributed by atoms with Crippen LogP contribution in [0.25, 0.3) is 10.9 Å². The maximum absolute atomic E-state index is 8.98. The van der Waals surface area contributed by atoms with Crippen LogP contribution in [0.3, 0.4) is 0 Å². The molecule has 0 atom stereocenters. The molecule has 2 nitrogen and oxygen atoms in total. The molecule has 0 radical (unpaired) electrons. The Labute approximate surface area is 119 Å². The van der Waals surface area contributed by atoms with Gasteiger partial charge in [-0.25, -0.2) is 0 Å². The van der Waals surface area contributed by atoms with Gasteiger partial charge < -0.3 is 4.57 Å². The minimum atomic E-state index is -0.212. The molecule has 19 heavy (non-hydrogen) atoms. The second-order valence-electron chi connectivity index (χ2n) is 5.64. The topological polar surface area (TPSA) is 28.7 Å². The highest BCUT2D eigenvalue weighted by atomic mass is 35.5. The van der Waals surface area contributed by atoms with Crippen molar-refractivity contribution < 1.29 is 0 Å². The van der Waals surface area contributed by atoms with Gasteiger partial charge in [-0.15, -0.1) is 0 Å². The standard InChI is InChI=1S/C16H19ClN2/c1-16(2,12-18)9-3-4-10-19-11-8-13-6-5-7-14(17)15(13)19/h5-8,11H,3-4,9-10H2,1-2H3. The van der Waals surface area contributed by atoms with Crippen LogP contribution >= 0.6 is 11.6 Å². The highest BCUT2D eigenvalue weighted by Gasteiger charge is 2.15. The maximum atomic E-state index is 8.98. The van der Waals surface area contributed by atoms with E-state index in [1.54, 1.807) is 0 Å². The van der Waals surface area contributed by atoms with Crippen molar-refractivity contribution in [1.82, 2.24) is 4.57 Å². The van der Waals surface area contributed by atoms with Gasteiger partial charge in [0.15, 0.2) is 0 Å². The van der Waals surface area contributed by atoms with E-state index in [9.17, 15) is 0 Å². The van der Waals surface area contributed by atoms with Crippen LogP contribution in [0.5, 0.6) is 0 Å². The van der Waals surface area contributed by atoms with Gasteiger partial charge in [0.05, 0.1) is 22.0 Å². The van der Waals surface area contributed by atoms with E-state index in [1.807, 2.05) is 26.0 Å². The Morgan fingerprint density at radius 2 is 2.05 bits per heavy atom. The van der Waals surface area contributed by atoms with E-state index in [1.165, 1.54) is 5.39 Å². The molecule has 0 bridgehead atoms. The number of nitrogens with zero attached hydrogens (tertiary/aromatic N) is 2. The molecule has 3 heteroatoms. The second-order valence-corrected chi connectivity index (χ2v) is 6.05. The molecule has 1 aromatic carbocycles. The van der Waals surface area contributed by atoms with Crippen LogP contribution in [0.2, 0.25) is 5.02 Å². The van der Waals surface area contributed by atoms with Gasteiger partial charge in [0.1, 0.15) is 0 Å². The van der Waals surface area contributed by atoms with Crippen LogP contribution in [0.4, 0.5) is 0 Å². The van der Waals surface area contributed by atoms with Crippen LogP contribution < -0.4 is 0 Å². The molecular weight excluding hydrogens is 256 g/mol. The van der Waals surface area contributed by atoms with E-state index < -0.39 is 0 Å². The minimum Gasteiger partial charge on any atom is -0.346 e. The third kappa shape index (κ3) is 3.30. The number of hydrogen-bond donors (Lipinski definition) is 0. The van der Waals surface area contributed by atoms with E-state index in [-0.39, 0.29) is 5.41 Å². The lowest BCUT2D eigenvalue weighted by Gasteiger charge is -2.14. The number of fused-ring (bicyclic) bond motifs is 1. The number of unbranched alkanes of at least 4 members (excludes halogenated alkanes) is 1. The number of para-hydroxylation sites is 1. The first-order chi connectivity index (χ1) is 9.03. The summed E-state index contributed by atoms with van der Waals surface area (Å²) in [5, 5.41) is 11.0. The third-order valence-electron chi connectivity index (χ3n) is 3.49. The van der Waals surface area contributed by atoms with Crippen molar-refractivity contribution in [2.45, 2.75) is 39.7 Å². The number of benzene rings is 1. The van der Waals surface area contributed by atoms with E-state index in [0.29, 0.717) is 0 Å². The number of aromatic nitrogens is 1. The molecule has 1 aromatic heterocycles. The average Bonchev–Trinajstić information content (AvgIpc) is 2.79. The highest BCUT2D eigenvalue weighted by molar-refractivity contribution is 6.35. The zero-order chi connectivity index (χ0) is 13.9. The van der Waals surface area contributed by atoms with Crippen molar-refractivity contribution in [2.24, 2.45) is 5.41 Å². The largest absolute Gasteiger partial charge is 0.346 e. The van der Waals surface area contributed by atoms with Crippen LogP contribution in [0, 0.1) is 16.7 Å². The zero-order valence-electron chi connectivity index (χ0n) is 11.5. The summed E-state index contributed by atoms with van der Waals surface area (Å²) in [4.78, 5) is 0. The average molecular weight is 275 g/mol. The van der Waals surface area contributed by atoms with E-state index >= 15 is 0 Å². The second kappa shape index (κ2) is 5.67. The van der Waals surface area contributed by atoms with Crippen LogP contribution in [0.15, 0.2) is 30.5 Å². The zero-order valence-corrected chi connectivity index (χ0v) is 12.2. The summed E-state index contributed by atoms with van der Waals surface area (Å²) < 4.78 is 2.21. The van der Waals surface area contributed by atoms with Crippen LogP contribution in [0.1, 0.15) is 33.1 Å². The lowest BCUT2D eigenvalue weighted by Crippen LogP contribution is -2.08. The smallest absolute Gasteiger partial charge is 0.0683 e. The summed E-state index contributed by atoms with van der Waals surface area (Å²) >= 11 is 6.25. The molecule has 1 heterocycles. The predicted octanol–water partition coefficient (Wildman–Crippen LogP) is 5.01. The number of hydrogen-bond acceptors (Lipinski definition) is 1. The summed E-state index contributed by atoms with van der Waals surface area (Å²) in [6.07, 6.45) is 5.16. The van der Waals surface area contributed by atoms with Crippen LogP contribution in [-0.4, -0.2) is 4.57 Å². The summed E-state index contributed by atoms with van der Waals surface area (Å²) in [7, 11) is 0. The Kier molecular flexibility index (Phi) is 4.17. The molecule has 0 aliphatic carbocycles. The molecule has 0 saturated carbocycles. The van der Waals surface area contributed by atoms with Gasteiger partial charge in [-0.3, -0.25) is 0 Å². The molecule has 2 rings (SSSR count). The Hall–Kier alpha value is -1.46. The summed E-state index contributed by atoms with van der Waals surface area (Å²) in [5.41, 5.74) is 0.903. The lowest BCUT2D eigenvalue weighted by molar-refractivity contribution is 0.418. The molecule has 0 aliphatic rings. The quantitative estimate of drug-likeness (QED) is 0.704. The first-order valence-corrected chi connectivity index (χ1v) is 7.06. The molecule has 0 amide bonds. The van der Waals surface area contributed by atoms with Gasteiger partial charge in [-0.1, -0.05) is 30.2 Å². The summed E-state index contributed by atoms with van der Waals surface area (Å²) in [5.74, 6) is 0. The van der Waals surface area contributed by atoms with Crippen molar-refractivity contribution in [3.8, 4) is 6.07 Å². The van der Waals surface area contributed by atoms with Gasteiger partial charge in [0.25, 0.3) is 0 Å². The maximum Gasteiger partial charge on any atom is 0.0683 e. The number of halogens is 1. The monoisotopic (exact) mass is 274 g/mol. The van der Waals surface area contributed by atoms with E-state index in [0.717, 1.165) is 36.3 Å². The van der Waals surface area contributed by atoms with Crippen molar-refractivity contribution in [1.29, 1.82) is 5.26 Å². The molecule has 2 aromatic rings. The fraction of sp³-hybridized carbons (Fsp3) is 0.438. The Bertz CT molecular complexity index is 605. The number of rotatable bonds is 5. The molecule has 0 unspecified atom stereocenters. The number of nitriles is 1. The predicted molar refractivity (Wildman–Crippen MR) is 80.2 cm³/mol. The van der Waals surface area contributed by atoms with Gasteiger partial charge in [0, 0.05) is 18.1 Å². The van der Waals surface area contributed by atoms with Gasteiger partial charge >= 0.3 is 0 Å². The van der Waals surface area contributed by atoms with Gasteiger partial charge in [-0.05, 0) is 38.8 Å². The van der Waals surface area contributed by atoms with Gasteiger partial charge in [-0.2, -0.15) is 5.26 Å².